The standard InChI is InChI=1S/C22H24F3NO2/c1-20(13-26(2)14-20)21(27,18-5-3-4-16(12-18)15-6-7-15)17-8-10-19(11-9-17)28-22(23,24)25/h3-5,8-12,15,27H,6-7,13-14H2,1-2H3/t21-/m1/s1. The summed E-state index contributed by atoms with van der Waals surface area (Å²) in [7, 11) is 1.99. The first-order valence-corrected chi connectivity index (χ1v) is 9.48. The molecule has 1 aliphatic carbocycles. The Balaban J connectivity index is 1.75. The van der Waals surface area contributed by atoms with Crippen molar-refractivity contribution in [2.45, 2.75) is 37.6 Å². The third-order valence-electron chi connectivity index (χ3n) is 5.97. The smallest absolute Gasteiger partial charge is 0.406 e. The molecule has 6 heteroatoms. The summed E-state index contributed by atoms with van der Waals surface area (Å²) >= 11 is 0. The van der Waals surface area contributed by atoms with E-state index in [1.807, 2.05) is 26.1 Å². The topological polar surface area (TPSA) is 32.7 Å². The van der Waals surface area contributed by atoms with E-state index < -0.39 is 17.4 Å². The van der Waals surface area contributed by atoms with Crippen molar-refractivity contribution < 1.29 is 23.0 Å². The minimum atomic E-state index is -4.74. The summed E-state index contributed by atoms with van der Waals surface area (Å²) in [5, 5.41) is 12.0. The fraction of sp³-hybridized carbons (Fsp3) is 0.455. The highest BCUT2D eigenvalue weighted by Crippen LogP contribution is 2.51. The summed E-state index contributed by atoms with van der Waals surface area (Å²) < 4.78 is 41.4. The van der Waals surface area contributed by atoms with Crippen molar-refractivity contribution in [3.8, 4) is 5.75 Å². The maximum Gasteiger partial charge on any atom is 0.573 e. The number of alkyl halides is 3. The van der Waals surface area contributed by atoms with E-state index in [1.165, 1.54) is 29.8 Å². The second kappa shape index (κ2) is 6.49. The highest BCUT2D eigenvalue weighted by Gasteiger charge is 2.55. The Kier molecular flexibility index (Phi) is 4.47. The van der Waals surface area contributed by atoms with Crippen molar-refractivity contribution in [2.75, 3.05) is 20.1 Å². The summed E-state index contributed by atoms with van der Waals surface area (Å²) in [5.74, 6) is 0.254. The maximum absolute atomic E-state index is 12.5. The van der Waals surface area contributed by atoms with E-state index in [0.29, 0.717) is 24.6 Å². The average Bonchev–Trinajstić information content (AvgIpc) is 3.44. The van der Waals surface area contributed by atoms with Gasteiger partial charge in [-0.1, -0.05) is 43.3 Å². The lowest BCUT2D eigenvalue weighted by molar-refractivity contribution is -0.274. The lowest BCUT2D eigenvalue weighted by Crippen LogP contribution is -2.63. The molecule has 1 aliphatic heterocycles. The van der Waals surface area contributed by atoms with E-state index in [0.717, 1.165) is 18.4 Å². The molecule has 0 bridgehead atoms. The molecule has 150 valence electrons. The molecule has 0 radical (unpaired) electrons. The van der Waals surface area contributed by atoms with Crippen molar-refractivity contribution in [1.29, 1.82) is 0 Å². The monoisotopic (exact) mass is 391 g/mol. The predicted molar refractivity (Wildman–Crippen MR) is 100 cm³/mol. The van der Waals surface area contributed by atoms with Crippen LogP contribution >= 0.6 is 0 Å². The van der Waals surface area contributed by atoms with Crippen LogP contribution in [0.4, 0.5) is 13.2 Å². The van der Waals surface area contributed by atoms with Crippen LogP contribution in [0.1, 0.15) is 42.4 Å². The SMILES string of the molecule is CN1CC(C)([C@@](O)(c2ccc(OC(F)(F)F)cc2)c2cccc(C3CC3)c2)C1. The predicted octanol–water partition coefficient (Wildman–Crippen LogP) is 4.65. The number of hydrogen-bond acceptors (Lipinski definition) is 3. The first-order chi connectivity index (χ1) is 13.1. The fourth-order valence-electron chi connectivity index (χ4n) is 4.57. The third-order valence-corrected chi connectivity index (χ3v) is 5.97. The minimum Gasteiger partial charge on any atom is -0.406 e. The summed E-state index contributed by atoms with van der Waals surface area (Å²) in [6, 6.07) is 13.6. The Morgan fingerprint density at radius 1 is 1.04 bits per heavy atom. The van der Waals surface area contributed by atoms with Crippen LogP contribution in [0, 0.1) is 5.41 Å². The van der Waals surface area contributed by atoms with Crippen LogP contribution in [0.25, 0.3) is 0 Å². The van der Waals surface area contributed by atoms with Crippen LogP contribution in [0.15, 0.2) is 48.5 Å². The van der Waals surface area contributed by atoms with Crippen LogP contribution in [0.5, 0.6) is 5.75 Å². The number of rotatable bonds is 5. The summed E-state index contributed by atoms with van der Waals surface area (Å²) in [6.45, 7) is 3.41. The van der Waals surface area contributed by atoms with Gasteiger partial charge in [-0.25, -0.2) is 0 Å². The number of likely N-dealkylation sites (tertiary alicyclic amines) is 1. The van der Waals surface area contributed by atoms with Crippen LogP contribution in [-0.2, 0) is 5.60 Å². The Labute approximate surface area is 162 Å². The zero-order valence-corrected chi connectivity index (χ0v) is 16.0. The molecular formula is C22H24F3NO2. The summed E-state index contributed by atoms with van der Waals surface area (Å²) in [6.07, 6.45) is -2.42. The molecule has 1 heterocycles. The lowest BCUT2D eigenvalue weighted by atomic mass is 9.62. The van der Waals surface area contributed by atoms with Gasteiger partial charge in [-0.15, -0.1) is 13.2 Å². The molecule has 4 rings (SSSR count). The van der Waals surface area contributed by atoms with E-state index >= 15 is 0 Å². The molecule has 1 atom stereocenters. The van der Waals surface area contributed by atoms with Crippen molar-refractivity contribution >= 4 is 0 Å². The zero-order valence-electron chi connectivity index (χ0n) is 16.0. The first-order valence-electron chi connectivity index (χ1n) is 9.48. The molecule has 0 spiro atoms. The number of nitrogens with zero attached hydrogens (tertiary/aromatic N) is 1. The Morgan fingerprint density at radius 3 is 2.21 bits per heavy atom. The van der Waals surface area contributed by atoms with Gasteiger partial charge in [-0.2, -0.15) is 0 Å². The first kappa shape index (κ1) is 19.3. The zero-order chi connectivity index (χ0) is 20.2. The van der Waals surface area contributed by atoms with Gasteiger partial charge in [-0.3, -0.25) is 0 Å². The van der Waals surface area contributed by atoms with Crippen molar-refractivity contribution in [2.24, 2.45) is 5.41 Å². The average molecular weight is 391 g/mol. The van der Waals surface area contributed by atoms with Crippen LogP contribution in [0.3, 0.4) is 0 Å². The van der Waals surface area contributed by atoms with Gasteiger partial charge in [0.1, 0.15) is 11.4 Å². The number of halogens is 3. The normalized spacial score (nSPS) is 21.6. The molecule has 0 unspecified atom stereocenters. The quantitative estimate of drug-likeness (QED) is 0.805. The summed E-state index contributed by atoms with van der Waals surface area (Å²) in [5.41, 5.74) is 0.823. The summed E-state index contributed by atoms with van der Waals surface area (Å²) in [4.78, 5) is 2.12. The Bertz CT molecular complexity index is 855. The Hall–Kier alpha value is -2.05. The van der Waals surface area contributed by atoms with Gasteiger partial charge in [0.25, 0.3) is 0 Å². The van der Waals surface area contributed by atoms with Gasteiger partial charge in [0.2, 0.25) is 0 Å². The van der Waals surface area contributed by atoms with Crippen molar-refractivity contribution in [3.63, 3.8) is 0 Å². The van der Waals surface area contributed by atoms with Gasteiger partial charge in [0.05, 0.1) is 0 Å². The number of ether oxygens (including phenoxy) is 1. The van der Waals surface area contributed by atoms with Gasteiger partial charge in [-0.05, 0) is 54.6 Å². The minimum absolute atomic E-state index is 0.291. The van der Waals surface area contributed by atoms with E-state index in [1.54, 1.807) is 0 Å². The van der Waals surface area contributed by atoms with E-state index in [4.69, 9.17) is 0 Å². The van der Waals surface area contributed by atoms with Crippen LogP contribution in [0.2, 0.25) is 0 Å². The molecule has 2 fully saturated rings. The van der Waals surface area contributed by atoms with E-state index in [9.17, 15) is 18.3 Å². The molecule has 0 amide bonds. The second-order valence-corrected chi connectivity index (χ2v) is 8.42. The van der Waals surface area contributed by atoms with Gasteiger partial charge in [0, 0.05) is 18.5 Å². The molecule has 1 saturated carbocycles. The molecule has 2 aromatic rings. The van der Waals surface area contributed by atoms with E-state index in [2.05, 4.69) is 21.8 Å². The van der Waals surface area contributed by atoms with Gasteiger partial charge < -0.3 is 14.7 Å². The van der Waals surface area contributed by atoms with Crippen molar-refractivity contribution in [3.05, 3.63) is 65.2 Å². The van der Waals surface area contributed by atoms with Gasteiger partial charge >= 0.3 is 6.36 Å². The lowest BCUT2D eigenvalue weighted by Gasteiger charge is -2.56. The van der Waals surface area contributed by atoms with Crippen molar-refractivity contribution in [1.82, 2.24) is 4.90 Å². The molecule has 3 nitrogen and oxygen atoms in total. The highest BCUT2D eigenvalue weighted by atomic mass is 19.4. The largest absolute Gasteiger partial charge is 0.573 e. The number of aliphatic hydroxyl groups is 1. The highest BCUT2D eigenvalue weighted by molar-refractivity contribution is 5.44. The maximum atomic E-state index is 12.5. The Morgan fingerprint density at radius 2 is 1.68 bits per heavy atom. The van der Waals surface area contributed by atoms with E-state index in [-0.39, 0.29) is 5.75 Å². The molecule has 1 N–H and O–H groups in total. The van der Waals surface area contributed by atoms with Gasteiger partial charge in [0.15, 0.2) is 0 Å². The third kappa shape index (κ3) is 3.40. The molecule has 28 heavy (non-hydrogen) atoms. The number of benzene rings is 2. The molecular weight excluding hydrogens is 367 g/mol. The molecule has 1 saturated heterocycles. The van der Waals surface area contributed by atoms with Crippen LogP contribution < -0.4 is 4.74 Å². The number of hydrogen-bond donors (Lipinski definition) is 1. The second-order valence-electron chi connectivity index (χ2n) is 8.42. The molecule has 2 aromatic carbocycles. The molecule has 2 aliphatic rings. The molecule has 0 aromatic heterocycles. The van der Waals surface area contributed by atoms with Crippen LogP contribution in [-0.4, -0.2) is 36.5 Å². The fourth-order valence-corrected chi connectivity index (χ4v) is 4.57.